The number of hydrogen-bond acceptors (Lipinski definition) is 4. The summed E-state index contributed by atoms with van der Waals surface area (Å²) in [5, 5.41) is 8.71. The summed E-state index contributed by atoms with van der Waals surface area (Å²) >= 11 is 0. The summed E-state index contributed by atoms with van der Waals surface area (Å²) in [4.78, 5) is 24.0. The third-order valence-electron chi connectivity index (χ3n) is 3.56. The summed E-state index contributed by atoms with van der Waals surface area (Å²) in [5.74, 6) is 0.424. The molecule has 0 radical (unpaired) electrons. The van der Waals surface area contributed by atoms with Crippen molar-refractivity contribution >= 4 is 17.5 Å². The van der Waals surface area contributed by atoms with Crippen molar-refractivity contribution in [1.29, 1.82) is 0 Å². The number of para-hydroxylation sites is 1. The Morgan fingerprint density at radius 3 is 2.70 bits per heavy atom. The molecular weight excluding hydrogens is 294 g/mol. The molecule has 0 saturated heterocycles. The molecule has 6 nitrogen and oxygen atoms in total. The molecule has 3 N–H and O–H groups in total. The Kier molecular flexibility index (Phi) is 4.61. The van der Waals surface area contributed by atoms with Gasteiger partial charge in [0.15, 0.2) is 0 Å². The first-order valence-corrected chi connectivity index (χ1v) is 7.65. The van der Waals surface area contributed by atoms with Crippen molar-refractivity contribution in [2.24, 2.45) is 0 Å². The van der Waals surface area contributed by atoms with Crippen molar-refractivity contribution in [3.05, 3.63) is 54.0 Å². The standard InChI is InChI=1S/C17H19N3O3/c21-16(19-10-13-4-3-9-23-13)11-18-15-6-2-1-5-14(15)17(22)20-12-7-8-12/h1-6,9,12,18H,7-8,10-11H2,(H,19,21)(H,20,22). The molecule has 1 heterocycles. The molecule has 1 fully saturated rings. The maximum absolute atomic E-state index is 12.2. The van der Waals surface area contributed by atoms with Crippen molar-refractivity contribution in [1.82, 2.24) is 10.6 Å². The first-order chi connectivity index (χ1) is 11.2. The highest BCUT2D eigenvalue weighted by molar-refractivity contribution is 6.00. The summed E-state index contributed by atoms with van der Waals surface area (Å²) in [5.41, 5.74) is 1.21. The van der Waals surface area contributed by atoms with Crippen LogP contribution in [0.25, 0.3) is 0 Å². The van der Waals surface area contributed by atoms with Crippen LogP contribution >= 0.6 is 0 Å². The van der Waals surface area contributed by atoms with Crippen LogP contribution in [0.2, 0.25) is 0 Å². The van der Waals surface area contributed by atoms with E-state index in [1.165, 1.54) is 0 Å². The average Bonchev–Trinajstić information content (AvgIpc) is 3.22. The molecule has 6 heteroatoms. The molecule has 0 bridgehead atoms. The molecule has 0 atom stereocenters. The van der Waals surface area contributed by atoms with Gasteiger partial charge in [0.2, 0.25) is 5.91 Å². The van der Waals surface area contributed by atoms with E-state index in [9.17, 15) is 9.59 Å². The van der Waals surface area contributed by atoms with Crippen molar-refractivity contribution in [2.45, 2.75) is 25.4 Å². The quantitative estimate of drug-likeness (QED) is 0.729. The van der Waals surface area contributed by atoms with E-state index in [4.69, 9.17) is 4.42 Å². The molecule has 2 amide bonds. The van der Waals surface area contributed by atoms with Gasteiger partial charge >= 0.3 is 0 Å². The van der Waals surface area contributed by atoms with Gasteiger partial charge in [0, 0.05) is 11.7 Å². The smallest absolute Gasteiger partial charge is 0.253 e. The minimum atomic E-state index is -0.168. The van der Waals surface area contributed by atoms with Crippen molar-refractivity contribution < 1.29 is 14.0 Å². The Balaban J connectivity index is 1.52. The molecule has 120 valence electrons. The van der Waals surface area contributed by atoms with Crippen LogP contribution in [0.1, 0.15) is 29.0 Å². The minimum Gasteiger partial charge on any atom is -0.467 e. The van der Waals surface area contributed by atoms with E-state index in [0.717, 1.165) is 12.8 Å². The Bertz CT molecular complexity index is 678. The molecule has 0 spiro atoms. The Morgan fingerprint density at radius 2 is 1.96 bits per heavy atom. The monoisotopic (exact) mass is 313 g/mol. The van der Waals surface area contributed by atoms with Crippen LogP contribution in [-0.4, -0.2) is 24.4 Å². The molecule has 23 heavy (non-hydrogen) atoms. The van der Waals surface area contributed by atoms with E-state index in [1.807, 2.05) is 12.1 Å². The number of rotatable bonds is 7. The van der Waals surface area contributed by atoms with Crippen LogP contribution in [0, 0.1) is 0 Å². The van der Waals surface area contributed by atoms with Gasteiger partial charge in [0.1, 0.15) is 5.76 Å². The molecule has 1 aromatic carbocycles. The Hall–Kier alpha value is -2.76. The predicted octanol–water partition coefficient (Wildman–Crippen LogP) is 1.90. The van der Waals surface area contributed by atoms with Gasteiger partial charge in [-0.05, 0) is 37.1 Å². The number of anilines is 1. The van der Waals surface area contributed by atoms with Gasteiger partial charge in [0.05, 0.1) is 24.9 Å². The number of furan rings is 1. The highest BCUT2D eigenvalue weighted by Crippen LogP contribution is 2.21. The largest absolute Gasteiger partial charge is 0.467 e. The molecule has 3 rings (SSSR count). The molecule has 1 aliphatic carbocycles. The van der Waals surface area contributed by atoms with Gasteiger partial charge in [-0.15, -0.1) is 0 Å². The van der Waals surface area contributed by atoms with Gasteiger partial charge in [-0.25, -0.2) is 0 Å². The van der Waals surface area contributed by atoms with Gasteiger partial charge in [0.25, 0.3) is 5.91 Å². The van der Waals surface area contributed by atoms with Gasteiger partial charge in [-0.3, -0.25) is 9.59 Å². The number of amides is 2. The maximum Gasteiger partial charge on any atom is 0.253 e. The van der Waals surface area contributed by atoms with E-state index in [0.29, 0.717) is 29.6 Å². The lowest BCUT2D eigenvalue weighted by atomic mass is 10.1. The predicted molar refractivity (Wildman–Crippen MR) is 86.0 cm³/mol. The van der Waals surface area contributed by atoms with Crippen molar-refractivity contribution in [3.63, 3.8) is 0 Å². The fraction of sp³-hybridized carbons (Fsp3) is 0.294. The Labute approximate surface area is 134 Å². The number of benzene rings is 1. The summed E-state index contributed by atoms with van der Waals surface area (Å²) in [6.07, 6.45) is 3.64. The van der Waals surface area contributed by atoms with Crippen LogP contribution in [0.3, 0.4) is 0 Å². The molecular formula is C17H19N3O3. The van der Waals surface area contributed by atoms with Crippen molar-refractivity contribution in [2.75, 3.05) is 11.9 Å². The highest BCUT2D eigenvalue weighted by Gasteiger charge is 2.24. The first kappa shape index (κ1) is 15.1. The van der Waals surface area contributed by atoms with Gasteiger partial charge in [-0.1, -0.05) is 12.1 Å². The third-order valence-corrected chi connectivity index (χ3v) is 3.56. The first-order valence-electron chi connectivity index (χ1n) is 7.65. The number of hydrogen-bond donors (Lipinski definition) is 3. The zero-order valence-corrected chi connectivity index (χ0v) is 12.7. The van der Waals surface area contributed by atoms with Crippen LogP contribution < -0.4 is 16.0 Å². The summed E-state index contributed by atoms with van der Waals surface area (Å²) in [6, 6.07) is 11.1. The van der Waals surface area contributed by atoms with E-state index >= 15 is 0 Å². The van der Waals surface area contributed by atoms with Crippen LogP contribution in [-0.2, 0) is 11.3 Å². The SMILES string of the molecule is O=C(CNc1ccccc1C(=O)NC1CC1)NCc1ccco1. The second kappa shape index (κ2) is 7.00. The topological polar surface area (TPSA) is 83.4 Å². The zero-order valence-electron chi connectivity index (χ0n) is 12.7. The number of nitrogens with one attached hydrogen (secondary N) is 3. The maximum atomic E-state index is 12.2. The average molecular weight is 313 g/mol. The minimum absolute atomic E-state index is 0.0917. The molecule has 1 saturated carbocycles. The van der Waals surface area contributed by atoms with Crippen molar-refractivity contribution in [3.8, 4) is 0 Å². The lowest BCUT2D eigenvalue weighted by molar-refractivity contribution is -0.119. The number of carbonyl (C=O) groups excluding carboxylic acids is 2. The molecule has 2 aromatic rings. The summed E-state index contributed by atoms with van der Waals surface area (Å²) < 4.78 is 5.15. The van der Waals surface area contributed by atoms with E-state index in [2.05, 4.69) is 16.0 Å². The van der Waals surface area contributed by atoms with Gasteiger partial charge < -0.3 is 20.4 Å². The zero-order chi connectivity index (χ0) is 16.1. The molecule has 1 aromatic heterocycles. The van der Waals surface area contributed by atoms with E-state index in [1.54, 1.807) is 30.5 Å². The van der Waals surface area contributed by atoms with Gasteiger partial charge in [-0.2, -0.15) is 0 Å². The number of carbonyl (C=O) groups is 2. The van der Waals surface area contributed by atoms with Crippen LogP contribution in [0.4, 0.5) is 5.69 Å². The summed E-state index contributed by atoms with van der Waals surface area (Å²) in [7, 11) is 0. The molecule has 0 unspecified atom stereocenters. The lowest BCUT2D eigenvalue weighted by Gasteiger charge is -2.12. The third kappa shape index (κ3) is 4.35. The second-order valence-corrected chi connectivity index (χ2v) is 5.50. The molecule has 1 aliphatic rings. The van der Waals surface area contributed by atoms with E-state index in [-0.39, 0.29) is 18.4 Å². The van der Waals surface area contributed by atoms with E-state index < -0.39 is 0 Å². The fourth-order valence-electron chi connectivity index (χ4n) is 2.16. The van der Waals surface area contributed by atoms with Crippen LogP contribution in [0.15, 0.2) is 47.1 Å². The second-order valence-electron chi connectivity index (χ2n) is 5.50. The summed E-state index contributed by atoms with van der Waals surface area (Å²) in [6.45, 7) is 0.436. The highest BCUT2D eigenvalue weighted by atomic mass is 16.3. The normalized spacial score (nSPS) is 13.4. The Morgan fingerprint density at radius 1 is 1.13 bits per heavy atom. The lowest BCUT2D eigenvalue weighted by Crippen LogP contribution is -2.30. The molecule has 0 aliphatic heterocycles. The fourth-order valence-corrected chi connectivity index (χ4v) is 2.16. The van der Waals surface area contributed by atoms with Crippen LogP contribution in [0.5, 0.6) is 0 Å².